The molecule has 3 amide bonds. The number of nitrogens with two attached hydrogens (primary N) is 2. The fourth-order valence-corrected chi connectivity index (χ4v) is 4.60. The highest BCUT2D eigenvalue weighted by molar-refractivity contribution is 7.09. The van der Waals surface area contributed by atoms with E-state index in [4.69, 9.17) is 11.5 Å². The standard InChI is InChI=1S/C27H24FN5O4S/c1-15-3-2-4-19(13-15)33(27(37)24-21(29)22(25(30)35)32-38-24)23(17-7-11-20(34)12-8-17)26(36)31-14-16-5-9-18(28)10-6-16/h2-13,23,34H,14,29H2,1H3,(H2,30,35)(H,31,36)/t23-/m1/s1. The summed E-state index contributed by atoms with van der Waals surface area (Å²) in [4.78, 5) is 40.7. The van der Waals surface area contributed by atoms with E-state index in [0.717, 1.165) is 5.56 Å². The van der Waals surface area contributed by atoms with E-state index < -0.39 is 29.6 Å². The number of primary amides is 1. The molecule has 0 aliphatic rings. The smallest absolute Gasteiger partial charge is 0.273 e. The van der Waals surface area contributed by atoms with Crippen LogP contribution in [0.3, 0.4) is 0 Å². The molecule has 9 nitrogen and oxygen atoms in total. The van der Waals surface area contributed by atoms with Gasteiger partial charge in [0.05, 0.1) is 5.69 Å². The van der Waals surface area contributed by atoms with E-state index in [1.54, 1.807) is 18.2 Å². The van der Waals surface area contributed by atoms with Crippen LogP contribution in [-0.2, 0) is 11.3 Å². The molecule has 0 spiro atoms. The van der Waals surface area contributed by atoms with Crippen molar-refractivity contribution in [3.05, 3.63) is 106 Å². The Morgan fingerprint density at radius 3 is 2.37 bits per heavy atom. The van der Waals surface area contributed by atoms with Gasteiger partial charge < -0.3 is 21.9 Å². The molecule has 3 aromatic carbocycles. The molecule has 11 heteroatoms. The summed E-state index contributed by atoms with van der Waals surface area (Å²) < 4.78 is 17.3. The van der Waals surface area contributed by atoms with Crippen molar-refractivity contribution in [2.24, 2.45) is 5.73 Å². The molecule has 38 heavy (non-hydrogen) atoms. The maximum Gasteiger partial charge on any atom is 0.273 e. The Labute approximate surface area is 221 Å². The first kappa shape index (κ1) is 26.3. The summed E-state index contributed by atoms with van der Waals surface area (Å²) in [5.74, 6) is -2.53. The van der Waals surface area contributed by atoms with Crippen molar-refractivity contribution in [3.8, 4) is 5.75 Å². The Kier molecular flexibility index (Phi) is 7.68. The molecule has 0 radical (unpaired) electrons. The number of hydrogen-bond acceptors (Lipinski definition) is 7. The Hall–Kier alpha value is -4.77. The first-order valence-corrected chi connectivity index (χ1v) is 12.2. The minimum atomic E-state index is -1.22. The van der Waals surface area contributed by atoms with Crippen molar-refractivity contribution in [1.29, 1.82) is 0 Å². The number of aromatic hydroxyl groups is 1. The second kappa shape index (κ2) is 11.1. The molecule has 194 valence electrons. The van der Waals surface area contributed by atoms with Crippen LogP contribution < -0.4 is 21.7 Å². The average molecular weight is 534 g/mol. The van der Waals surface area contributed by atoms with Crippen LogP contribution in [0.5, 0.6) is 5.75 Å². The van der Waals surface area contributed by atoms with Crippen LogP contribution in [-0.4, -0.2) is 27.2 Å². The second-order valence-corrected chi connectivity index (χ2v) is 9.26. The molecule has 0 aliphatic heterocycles. The van der Waals surface area contributed by atoms with Crippen LogP contribution in [0.4, 0.5) is 15.8 Å². The van der Waals surface area contributed by atoms with Gasteiger partial charge in [0.1, 0.15) is 22.5 Å². The van der Waals surface area contributed by atoms with Gasteiger partial charge in [0.25, 0.3) is 11.8 Å². The van der Waals surface area contributed by atoms with Gasteiger partial charge in [-0.15, -0.1) is 0 Å². The minimum Gasteiger partial charge on any atom is -0.508 e. The Bertz CT molecular complexity index is 1490. The number of carbonyl (C=O) groups is 3. The van der Waals surface area contributed by atoms with E-state index in [-0.39, 0.29) is 28.6 Å². The lowest BCUT2D eigenvalue weighted by atomic mass is 10.0. The maximum absolute atomic E-state index is 14.0. The van der Waals surface area contributed by atoms with Crippen molar-refractivity contribution in [2.45, 2.75) is 19.5 Å². The molecular weight excluding hydrogens is 509 g/mol. The van der Waals surface area contributed by atoms with Gasteiger partial charge in [0.2, 0.25) is 5.91 Å². The quantitative estimate of drug-likeness (QED) is 0.271. The molecule has 0 saturated heterocycles. The summed E-state index contributed by atoms with van der Waals surface area (Å²) in [5, 5.41) is 12.6. The zero-order valence-corrected chi connectivity index (χ0v) is 21.0. The van der Waals surface area contributed by atoms with Gasteiger partial charge in [0, 0.05) is 12.2 Å². The van der Waals surface area contributed by atoms with E-state index >= 15 is 0 Å². The molecule has 0 saturated carbocycles. The van der Waals surface area contributed by atoms with Crippen LogP contribution in [0.2, 0.25) is 0 Å². The number of carbonyl (C=O) groups excluding carboxylic acids is 3. The average Bonchev–Trinajstić information content (AvgIpc) is 3.28. The minimum absolute atomic E-state index is 0.0227. The van der Waals surface area contributed by atoms with E-state index in [1.807, 2.05) is 13.0 Å². The van der Waals surface area contributed by atoms with E-state index in [9.17, 15) is 23.9 Å². The summed E-state index contributed by atoms with van der Waals surface area (Å²) in [5.41, 5.74) is 13.3. The van der Waals surface area contributed by atoms with Crippen molar-refractivity contribution >= 4 is 40.6 Å². The van der Waals surface area contributed by atoms with Crippen molar-refractivity contribution < 1.29 is 23.9 Å². The van der Waals surface area contributed by atoms with Gasteiger partial charge in [-0.1, -0.05) is 36.4 Å². The van der Waals surface area contributed by atoms with Crippen LogP contribution in [0.25, 0.3) is 0 Å². The number of amides is 3. The van der Waals surface area contributed by atoms with Crippen LogP contribution >= 0.6 is 11.5 Å². The van der Waals surface area contributed by atoms with Crippen LogP contribution in [0, 0.1) is 12.7 Å². The number of nitrogens with zero attached hydrogens (tertiary/aromatic N) is 2. The van der Waals surface area contributed by atoms with Crippen LogP contribution in [0.1, 0.15) is 42.9 Å². The number of anilines is 2. The number of benzene rings is 3. The molecular formula is C27H24FN5O4S. The number of halogens is 1. The van der Waals surface area contributed by atoms with E-state index in [1.165, 1.54) is 53.4 Å². The fraction of sp³-hybridized carbons (Fsp3) is 0.111. The lowest BCUT2D eigenvalue weighted by Gasteiger charge is -2.31. The number of aryl methyl sites for hydroxylation is 1. The largest absolute Gasteiger partial charge is 0.508 e. The second-order valence-electron chi connectivity index (χ2n) is 8.49. The third-order valence-corrected chi connectivity index (χ3v) is 6.60. The lowest BCUT2D eigenvalue weighted by molar-refractivity contribution is -0.122. The van der Waals surface area contributed by atoms with Crippen molar-refractivity contribution in [1.82, 2.24) is 9.69 Å². The monoisotopic (exact) mass is 533 g/mol. The summed E-state index contributed by atoms with van der Waals surface area (Å²) in [7, 11) is 0. The fourth-order valence-electron chi connectivity index (χ4n) is 3.86. The zero-order chi connectivity index (χ0) is 27.4. The summed E-state index contributed by atoms with van der Waals surface area (Å²) in [6.07, 6.45) is 0. The Balaban J connectivity index is 1.81. The topological polar surface area (TPSA) is 152 Å². The number of rotatable bonds is 8. The molecule has 1 atom stereocenters. The van der Waals surface area contributed by atoms with Crippen molar-refractivity contribution in [3.63, 3.8) is 0 Å². The van der Waals surface area contributed by atoms with E-state index in [2.05, 4.69) is 9.69 Å². The van der Waals surface area contributed by atoms with Gasteiger partial charge in [-0.05, 0) is 71.5 Å². The highest BCUT2D eigenvalue weighted by Gasteiger charge is 2.36. The first-order chi connectivity index (χ1) is 18.2. The molecule has 0 fully saturated rings. The third-order valence-electron chi connectivity index (χ3n) is 5.75. The van der Waals surface area contributed by atoms with Gasteiger partial charge in [-0.25, -0.2) is 4.39 Å². The van der Waals surface area contributed by atoms with Crippen LogP contribution in [0.15, 0.2) is 72.8 Å². The highest BCUT2D eigenvalue weighted by atomic mass is 32.1. The van der Waals surface area contributed by atoms with Gasteiger partial charge in [-0.2, -0.15) is 4.37 Å². The van der Waals surface area contributed by atoms with Gasteiger partial charge in [0.15, 0.2) is 5.69 Å². The molecule has 0 bridgehead atoms. The predicted molar refractivity (Wildman–Crippen MR) is 142 cm³/mol. The molecule has 0 unspecified atom stereocenters. The van der Waals surface area contributed by atoms with Gasteiger partial charge in [-0.3, -0.25) is 19.3 Å². The highest BCUT2D eigenvalue weighted by Crippen LogP contribution is 2.34. The normalized spacial score (nSPS) is 11.5. The number of aromatic nitrogens is 1. The summed E-state index contributed by atoms with van der Waals surface area (Å²) in [6, 6.07) is 17.2. The number of nitrogen functional groups attached to an aromatic ring is 1. The number of hydrogen-bond donors (Lipinski definition) is 4. The third kappa shape index (κ3) is 5.62. The molecule has 1 heterocycles. The summed E-state index contributed by atoms with van der Waals surface area (Å²) >= 11 is 0.704. The molecule has 0 aliphatic carbocycles. The Morgan fingerprint density at radius 2 is 1.76 bits per heavy atom. The van der Waals surface area contributed by atoms with Gasteiger partial charge >= 0.3 is 0 Å². The zero-order valence-electron chi connectivity index (χ0n) is 20.2. The molecule has 6 N–H and O–H groups in total. The first-order valence-electron chi connectivity index (χ1n) is 11.4. The number of nitrogens with one attached hydrogen (secondary N) is 1. The Morgan fingerprint density at radius 1 is 1.08 bits per heavy atom. The predicted octanol–water partition coefficient (Wildman–Crippen LogP) is 3.68. The maximum atomic E-state index is 14.0. The number of phenolic OH excluding ortho intramolecular Hbond substituents is 1. The lowest BCUT2D eigenvalue weighted by Crippen LogP contribution is -2.44. The summed E-state index contributed by atoms with van der Waals surface area (Å²) in [6.45, 7) is 1.90. The van der Waals surface area contributed by atoms with Crippen molar-refractivity contribution in [2.75, 3.05) is 10.6 Å². The molecule has 1 aromatic heterocycles. The van der Waals surface area contributed by atoms with E-state index in [0.29, 0.717) is 28.3 Å². The SMILES string of the molecule is Cc1cccc(N(C(=O)c2snc(C(N)=O)c2N)[C@@H](C(=O)NCc2ccc(F)cc2)c2ccc(O)cc2)c1. The molecule has 4 rings (SSSR count). The number of phenols is 1. The molecule has 4 aromatic rings.